The van der Waals surface area contributed by atoms with Crippen molar-refractivity contribution in [3.63, 3.8) is 0 Å². The van der Waals surface area contributed by atoms with E-state index in [1.165, 1.54) is 32.4 Å². The molecule has 0 amide bonds. The summed E-state index contributed by atoms with van der Waals surface area (Å²) >= 11 is 3.47. The van der Waals surface area contributed by atoms with Gasteiger partial charge in [-0.25, -0.2) is 9.97 Å². The van der Waals surface area contributed by atoms with Crippen molar-refractivity contribution in [1.29, 1.82) is 0 Å². The zero-order valence-electron chi connectivity index (χ0n) is 10.8. The molecule has 0 spiro atoms. The highest BCUT2D eigenvalue weighted by atomic mass is 79.9. The number of aryl methyl sites for hydroxylation is 1. The SMILES string of the molecule is Cc1nc(Br)cc(N2CCCN3CCCC3C2)n1. The Morgan fingerprint density at radius 1 is 1.22 bits per heavy atom. The molecule has 18 heavy (non-hydrogen) atoms. The number of fused-ring (bicyclic) bond motifs is 1. The molecule has 0 bridgehead atoms. The highest BCUT2D eigenvalue weighted by Gasteiger charge is 2.29. The highest BCUT2D eigenvalue weighted by Crippen LogP contribution is 2.25. The molecule has 1 aromatic rings. The van der Waals surface area contributed by atoms with Gasteiger partial charge in [-0.2, -0.15) is 0 Å². The van der Waals surface area contributed by atoms with E-state index in [4.69, 9.17) is 0 Å². The third kappa shape index (κ3) is 2.52. The van der Waals surface area contributed by atoms with Crippen LogP contribution in [0.3, 0.4) is 0 Å². The molecule has 1 aromatic heterocycles. The van der Waals surface area contributed by atoms with Crippen molar-refractivity contribution in [2.45, 2.75) is 32.2 Å². The third-order valence-electron chi connectivity index (χ3n) is 3.92. The van der Waals surface area contributed by atoms with Crippen molar-refractivity contribution in [1.82, 2.24) is 14.9 Å². The van der Waals surface area contributed by atoms with Gasteiger partial charge in [0.15, 0.2) is 0 Å². The van der Waals surface area contributed by atoms with Gasteiger partial charge in [0.2, 0.25) is 0 Å². The summed E-state index contributed by atoms with van der Waals surface area (Å²) in [5.41, 5.74) is 0. The Hall–Kier alpha value is -0.680. The minimum absolute atomic E-state index is 0.724. The second-order valence-corrected chi connectivity index (χ2v) is 6.04. The molecular weight excluding hydrogens is 292 g/mol. The lowest BCUT2D eigenvalue weighted by Crippen LogP contribution is -2.37. The molecule has 1 unspecified atom stereocenters. The molecule has 3 heterocycles. The van der Waals surface area contributed by atoms with Crippen LogP contribution >= 0.6 is 15.9 Å². The largest absolute Gasteiger partial charge is 0.355 e. The van der Waals surface area contributed by atoms with Gasteiger partial charge in [-0.05, 0) is 48.7 Å². The van der Waals surface area contributed by atoms with Crippen molar-refractivity contribution in [2.24, 2.45) is 0 Å². The minimum atomic E-state index is 0.724. The van der Waals surface area contributed by atoms with E-state index in [2.05, 4.69) is 35.7 Å². The van der Waals surface area contributed by atoms with Gasteiger partial charge in [-0.1, -0.05) is 0 Å². The molecule has 2 aliphatic rings. The topological polar surface area (TPSA) is 32.3 Å². The highest BCUT2D eigenvalue weighted by molar-refractivity contribution is 9.10. The van der Waals surface area contributed by atoms with Gasteiger partial charge < -0.3 is 4.90 Å². The first-order chi connectivity index (χ1) is 8.72. The Kier molecular flexibility index (Phi) is 3.52. The molecule has 0 N–H and O–H groups in total. The number of halogens is 1. The maximum absolute atomic E-state index is 4.58. The van der Waals surface area contributed by atoms with Crippen LogP contribution in [0.4, 0.5) is 5.82 Å². The number of anilines is 1. The lowest BCUT2D eigenvalue weighted by Gasteiger charge is -2.26. The number of hydrogen-bond donors (Lipinski definition) is 0. The second kappa shape index (κ2) is 5.13. The van der Waals surface area contributed by atoms with Crippen molar-refractivity contribution in [2.75, 3.05) is 31.1 Å². The Morgan fingerprint density at radius 2 is 2.06 bits per heavy atom. The quantitative estimate of drug-likeness (QED) is 0.745. The van der Waals surface area contributed by atoms with Crippen LogP contribution in [0.1, 0.15) is 25.1 Å². The van der Waals surface area contributed by atoms with Crippen LogP contribution in [-0.4, -0.2) is 47.1 Å². The standard InChI is InChI=1S/C13H19BrN4/c1-10-15-12(14)8-13(16-10)18-7-3-6-17-5-2-4-11(17)9-18/h8,11H,2-7,9H2,1H3. The van der Waals surface area contributed by atoms with E-state index in [1.54, 1.807) is 0 Å². The van der Waals surface area contributed by atoms with Crippen LogP contribution in [0.25, 0.3) is 0 Å². The van der Waals surface area contributed by atoms with Gasteiger partial charge in [0.1, 0.15) is 16.2 Å². The Bertz CT molecular complexity index is 417. The molecule has 2 fully saturated rings. The molecule has 0 radical (unpaired) electrons. The first-order valence-corrected chi connectivity index (χ1v) is 7.52. The molecule has 0 saturated carbocycles. The molecule has 4 nitrogen and oxygen atoms in total. The summed E-state index contributed by atoms with van der Waals surface area (Å²) < 4.78 is 0.887. The van der Waals surface area contributed by atoms with E-state index in [1.807, 2.05) is 13.0 Å². The zero-order valence-corrected chi connectivity index (χ0v) is 12.4. The van der Waals surface area contributed by atoms with Gasteiger partial charge in [0.25, 0.3) is 0 Å². The van der Waals surface area contributed by atoms with E-state index in [0.717, 1.165) is 35.4 Å². The van der Waals surface area contributed by atoms with Crippen LogP contribution in [0.5, 0.6) is 0 Å². The van der Waals surface area contributed by atoms with Crippen LogP contribution in [0.15, 0.2) is 10.7 Å². The van der Waals surface area contributed by atoms with Crippen LogP contribution in [0, 0.1) is 6.92 Å². The lowest BCUT2D eigenvalue weighted by atomic mass is 10.2. The van der Waals surface area contributed by atoms with Crippen molar-refractivity contribution < 1.29 is 0 Å². The van der Waals surface area contributed by atoms with Gasteiger partial charge in [-0.3, -0.25) is 4.90 Å². The number of aromatic nitrogens is 2. The molecular formula is C13H19BrN4. The predicted octanol–water partition coefficient (Wildman–Crippen LogP) is 2.22. The van der Waals surface area contributed by atoms with Crippen molar-refractivity contribution >= 4 is 21.7 Å². The molecule has 98 valence electrons. The monoisotopic (exact) mass is 310 g/mol. The third-order valence-corrected chi connectivity index (χ3v) is 4.33. The first-order valence-electron chi connectivity index (χ1n) is 6.72. The van der Waals surface area contributed by atoms with Gasteiger partial charge >= 0.3 is 0 Å². The molecule has 0 aromatic carbocycles. The molecule has 0 aliphatic carbocycles. The zero-order chi connectivity index (χ0) is 12.5. The van der Waals surface area contributed by atoms with E-state index in [-0.39, 0.29) is 0 Å². The molecule has 1 atom stereocenters. The summed E-state index contributed by atoms with van der Waals surface area (Å²) in [5.74, 6) is 1.91. The molecule has 2 saturated heterocycles. The summed E-state index contributed by atoms with van der Waals surface area (Å²) in [4.78, 5) is 13.9. The van der Waals surface area contributed by atoms with Crippen LogP contribution in [0.2, 0.25) is 0 Å². The number of hydrogen-bond acceptors (Lipinski definition) is 4. The number of nitrogens with zero attached hydrogens (tertiary/aromatic N) is 4. The first kappa shape index (κ1) is 12.4. The molecule has 3 rings (SSSR count). The fourth-order valence-corrected chi connectivity index (χ4v) is 3.55. The van der Waals surface area contributed by atoms with Gasteiger partial charge in [-0.15, -0.1) is 0 Å². The van der Waals surface area contributed by atoms with E-state index >= 15 is 0 Å². The fraction of sp³-hybridized carbons (Fsp3) is 0.692. The molecule has 5 heteroatoms. The number of rotatable bonds is 1. The summed E-state index contributed by atoms with van der Waals surface area (Å²) in [7, 11) is 0. The van der Waals surface area contributed by atoms with Crippen molar-refractivity contribution in [3.05, 3.63) is 16.5 Å². The van der Waals surface area contributed by atoms with Crippen LogP contribution in [-0.2, 0) is 0 Å². The Morgan fingerprint density at radius 3 is 2.89 bits per heavy atom. The van der Waals surface area contributed by atoms with E-state index in [9.17, 15) is 0 Å². The Balaban J connectivity index is 1.82. The van der Waals surface area contributed by atoms with E-state index < -0.39 is 0 Å². The predicted molar refractivity (Wildman–Crippen MR) is 75.9 cm³/mol. The average molecular weight is 311 g/mol. The smallest absolute Gasteiger partial charge is 0.133 e. The Labute approximate surface area is 117 Å². The van der Waals surface area contributed by atoms with Crippen molar-refractivity contribution in [3.8, 4) is 0 Å². The normalized spacial score (nSPS) is 25.0. The van der Waals surface area contributed by atoms with Gasteiger partial charge in [0, 0.05) is 31.7 Å². The lowest BCUT2D eigenvalue weighted by molar-refractivity contribution is 0.273. The van der Waals surface area contributed by atoms with Crippen LogP contribution < -0.4 is 4.90 Å². The maximum Gasteiger partial charge on any atom is 0.133 e. The minimum Gasteiger partial charge on any atom is -0.355 e. The molecule has 2 aliphatic heterocycles. The summed E-state index contributed by atoms with van der Waals surface area (Å²) in [5, 5.41) is 0. The summed E-state index contributed by atoms with van der Waals surface area (Å²) in [6, 6.07) is 2.76. The maximum atomic E-state index is 4.58. The van der Waals surface area contributed by atoms with Gasteiger partial charge in [0.05, 0.1) is 0 Å². The average Bonchev–Trinajstić information content (AvgIpc) is 2.65. The second-order valence-electron chi connectivity index (χ2n) is 5.23. The summed E-state index contributed by atoms with van der Waals surface area (Å²) in [6.07, 6.45) is 3.92. The van der Waals surface area contributed by atoms with E-state index in [0.29, 0.717) is 0 Å². The fourth-order valence-electron chi connectivity index (χ4n) is 3.09. The summed E-state index contributed by atoms with van der Waals surface area (Å²) in [6.45, 7) is 6.70.